The van der Waals surface area contributed by atoms with Gasteiger partial charge in [0.25, 0.3) is 0 Å². The van der Waals surface area contributed by atoms with Crippen LogP contribution < -0.4 is 4.52 Å². The fraction of sp³-hybridized carbons (Fsp3) is 0.429. The predicted molar refractivity (Wildman–Crippen MR) is 88.6 cm³/mol. The molecule has 122 valence electrons. The van der Waals surface area contributed by atoms with Gasteiger partial charge < -0.3 is 9.36 Å². The van der Waals surface area contributed by atoms with E-state index in [1.807, 2.05) is 13.8 Å². The zero-order valence-electron chi connectivity index (χ0n) is 13.1. The summed E-state index contributed by atoms with van der Waals surface area (Å²) in [5, 5.41) is 3.72. The summed E-state index contributed by atoms with van der Waals surface area (Å²) in [5.74, 6) is 0.0858. The highest BCUT2D eigenvalue weighted by Crippen LogP contribution is 2.49. The van der Waals surface area contributed by atoms with Gasteiger partial charge in [-0.3, -0.25) is 9.05 Å². The highest BCUT2D eigenvalue weighted by atomic mass is 32.5. The molecule has 22 heavy (non-hydrogen) atoms. The lowest BCUT2D eigenvalue weighted by Crippen LogP contribution is -2.03. The van der Waals surface area contributed by atoms with E-state index >= 15 is 0 Å². The molecule has 1 aromatic carbocycles. The topological polar surface area (TPSA) is 66.3 Å². The summed E-state index contributed by atoms with van der Waals surface area (Å²) in [7, 11) is 0. The van der Waals surface area contributed by atoms with Crippen molar-refractivity contribution in [3.05, 3.63) is 29.8 Å². The van der Waals surface area contributed by atoms with Crippen LogP contribution in [0, 0.1) is 0 Å². The van der Waals surface area contributed by atoms with Crippen LogP contribution in [0.15, 0.2) is 29.4 Å². The number of hydrogen-bond donors (Lipinski definition) is 0. The van der Waals surface area contributed by atoms with E-state index in [2.05, 4.69) is 9.99 Å². The molecular formula is C14H20NO5PS. The van der Waals surface area contributed by atoms with E-state index in [4.69, 9.17) is 25.4 Å². The molecular weight excluding hydrogens is 325 g/mol. The largest absolute Gasteiger partial charge is 0.424 e. The quantitative estimate of drug-likeness (QED) is 0.310. The Hall–Kier alpha value is -1.27. The van der Waals surface area contributed by atoms with Gasteiger partial charge in [0.2, 0.25) is 0 Å². The molecule has 0 aliphatic carbocycles. The molecule has 1 rings (SSSR count). The van der Waals surface area contributed by atoms with Crippen molar-refractivity contribution in [2.75, 3.05) is 13.2 Å². The minimum atomic E-state index is -2.77. The van der Waals surface area contributed by atoms with Crippen LogP contribution in [0.3, 0.4) is 0 Å². The van der Waals surface area contributed by atoms with Gasteiger partial charge in [-0.05, 0) is 50.6 Å². The number of nitrogens with zero attached hydrogens (tertiary/aromatic N) is 1. The molecule has 0 bridgehead atoms. The second kappa shape index (κ2) is 9.00. The maximum absolute atomic E-state index is 10.7. The number of carbonyl (C=O) groups is 1. The van der Waals surface area contributed by atoms with Gasteiger partial charge in [0, 0.05) is 18.7 Å². The molecule has 0 unspecified atom stereocenters. The summed E-state index contributed by atoms with van der Waals surface area (Å²) in [4.78, 5) is 15.3. The molecule has 0 aliphatic rings. The second-order valence-corrected chi connectivity index (χ2v) is 7.09. The van der Waals surface area contributed by atoms with Gasteiger partial charge in [0.15, 0.2) is 0 Å². The lowest BCUT2D eigenvalue weighted by Gasteiger charge is -2.21. The van der Waals surface area contributed by atoms with Crippen molar-refractivity contribution in [3.63, 3.8) is 0 Å². The van der Waals surface area contributed by atoms with E-state index in [1.54, 1.807) is 31.2 Å². The molecule has 0 fully saturated rings. The third-order valence-electron chi connectivity index (χ3n) is 2.37. The Bertz CT molecular complexity index is 563. The average Bonchev–Trinajstić information content (AvgIpc) is 2.45. The summed E-state index contributed by atoms with van der Waals surface area (Å²) in [5.41, 5.74) is 1.38. The highest BCUT2D eigenvalue weighted by molar-refractivity contribution is 8.07. The maximum Gasteiger partial charge on any atom is 0.380 e. The number of benzene rings is 1. The molecule has 0 atom stereocenters. The second-order valence-electron chi connectivity index (χ2n) is 4.16. The monoisotopic (exact) mass is 345 g/mol. The van der Waals surface area contributed by atoms with E-state index < -0.39 is 12.7 Å². The van der Waals surface area contributed by atoms with E-state index in [0.29, 0.717) is 24.7 Å². The number of oxime groups is 1. The fourth-order valence-electron chi connectivity index (χ4n) is 1.48. The van der Waals surface area contributed by atoms with Crippen LogP contribution >= 0.6 is 6.72 Å². The molecule has 0 aliphatic heterocycles. The number of carbonyl (C=O) groups excluding carboxylic acids is 1. The lowest BCUT2D eigenvalue weighted by atomic mass is 10.1. The van der Waals surface area contributed by atoms with Crippen molar-refractivity contribution < 1.29 is 23.2 Å². The Morgan fingerprint density at radius 3 is 2.14 bits per heavy atom. The summed E-state index contributed by atoms with van der Waals surface area (Å²) < 4.78 is 16.5. The fourth-order valence-corrected chi connectivity index (χ4v) is 3.56. The first-order chi connectivity index (χ1) is 10.4. The first-order valence-electron chi connectivity index (χ1n) is 6.81. The van der Waals surface area contributed by atoms with E-state index in [0.717, 1.165) is 5.56 Å². The molecule has 8 heteroatoms. The van der Waals surface area contributed by atoms with E-state index in [-0.39, 0.29) is 0 Å². The van der Waals surface area contributed by atoms with Crippen molar-refractivity contribution in [2.24, 2.45) is 5.16 Å². The smallest absolute Gasteiger partial charge is 0.380 e. The van der Waals surface area contributed by atoms with Crippen LogP contribution in [0.1, 0.15) is 33.3 Å². The van der Waals surface area contributed by atoms with Crippen molar-refractivity contribution in [3.8, 4) is 5.75 Å². The summed E-state index contributed by atoms with van der Waals surface area (Å²) >= 11 is 5.30. The normalized spacial score (nSPS) is 12.1. The van der Waals surface area contributed by atoms with Crippen LogP contribution in [0.5, 0.6) is 5.75 Å². The van der Waals surface area contributed by atoms with Crippen LogP contribution in [0.4, 0.5) is 0 Å². The van der Waals surface area contributed by atoms with Crippen molar-refractivity contribution >= 4 is 30.2 Å². The molecule has 0 amide bonds. The molecule has 0 saturated heterocycles. The Kier molecular flexibility index (Phi) is 7.68. The summed E-state index contributed by atoms with van der Waals surface area (Å²) in [6, 6.07) is 7.05. The minimum absolute atomic E-state index is 0.420. The van der Waals surface area contributed by atoms with Gasteiger partial charge >= 0.3 is 12.7 Å². The van der Waals surface area contributed by atoms with E-state index in [1.165, 1.54) is 6.92 Å². The van der Waals surface area contributed by atoms with E-state index in [9.17, 15) is 4.79 Å². The lowest BCUT2D eigenvalue weighted by molar-refractivity contribution is -0.140. The predicted octanol–water partition coefficient (Wildman–Crippen LogP) is 3.65. The maximum atomic E-state index is 10.7. The molecule has 0 aromatic heterocycles. The summed E-state index contributed by atoms with van der Waals surface area (Å²) in [6.45, 7) is 4.77. The van der Waals surface area contributed by atoms with Crippen LogP contribution in [0.25, 0.3) is 0 Å². The first kappa shape index (κ1) is 18.8. The third-order valence-corrected chi connectivity index (χ3v) is 4.81. The Morgan fingerprint density at radius 1 is 1.14 bits per heavy atom. The van der Waals surface area contributed by atoms with Gasteiger partial charge in [-0.25, -0.2) is 4.79 Å². The molecule has 0 N–H and O–H groups in total. The standard InChI is InChI=1S/C14H20NO5PS/c1-5-17-21(22,18-6-2)20-14-9-7-13(8-10-14)11(3)15-19-12(4)16/h7-10H,5-6H2,1-4H3/b15-11+. The third kappa shape index (κ3) is 6.23. The molecule has 6 nitrogen and oxygen atoms in total. The van der Waals surface area contributed by atoms with Gasteiger partial charge in [-0.1, -0.05) is 5.16 Å². The zero-order chi connectivity index (χ0) is 16.6. The van der Waals surface area contributed by atoms with Crippen LogP contribution in [-0.2, 0) is 30.5 Å². The highest BCUT2D eigenvalue weighted by Gasteiger charge is 2.21. The molecule has 0 saturated carbocycles. The van der Waals surface area contributed by atoms with Crippen LogP contribution in [-0.4, -0.2) is 24.9 Å². The Labute approximate surface area is 135 Å². The first-order valence-corrected chi connectivity index (χ1v) is 9.37. The van der Waals surface area contributed by atoms with Crippen molar-refractivity contribution in [2.45, 2.75) is 27.7 Å². The summed E-state index contributed by atoms with van der Waals surface area (Å²) in [6.07, 6.45) is 0. The van der Waals surface area contributed by atoms with Crippen LogP contribution in [0.2, 0.25) is 0 Å². The Balaban J connectivity index is 2.81. The minimum Gasteiger partial charge on any atom is -0.424 e. The molecule has 0 radical (unpaired) electrons. The van der Waals surface area contributed by atoms with Gasteiger partial charge in [-0.2, -0.15) is 0 Å². The van der Waals surface area contributed by atoms with Crippen molar-refractivity contribution in [1.82, 2.24) is 0 Å². The zero-order valence-corrected chi connectivity index (χ0v) is 14.8. The SMILES string of the molecule is CCOP(=S)(OCC)Oc1ccc(/C(C)=N/OC(C)=O)cc1. The van der Waals surface area contributed by atoms with Gasteiger partial charge in [0.1, 0.15) is 5.75 Å². The molecule has 0 heterocycles. The average molecular weight is 345 g/mol. The molecule has 0 spiro atoms. The number of hydrogen-bond acceptors (Lipinski definition) is 7. The van der Waals surface area contributed by atoms with Crippen molar-refractivity contribution in [1.29, 1.82) is 0 Å². The Morgan fingerprint density at radius 2 is 1.68 bits per heavy atom. The van der Waals surface area contributed by atoms with Gasteiger partial charge in [0.05, 0.1) is 18.9 Å². The van der Waals surface area contributed by atoms with Gasteiger partial charge in [-0.15, -0.1) is 0 Å². The number of rotatable bonds is 8. The molecule has 1 aromatic rings.